The number of pyridine rings is 1. The molecule has 1 aliphatic carbocycles. The van der Waals surface area contributed by atoms with Crippen molar-refractivity contribution >= 4 is 70.7 Å². The standard InChI is InChI=1S/C19H22FN3O3.Ca.H2O4S/c1-2-21-5-7-22(8-6-21)17-10-16-13(9-15(17)20)18(24)14(19(25)26)11-23(16)12-3-4-12;;1-5(2,3)4/h9-12H,2-8H2,1H3,(H,25,26);;(H2,1,2,3,4)/q;+2;/p-2. The second kappa shape index (κ2) is 10.8. The van der Waals surface area contributed by atoms with Crippen molar-refractivity contribution in [2.24, 2.45) is 0 Å². The van der Waals surface area contributed by atoms with E-state index in [0.29, 0.717) is 11.2 Å². The van der Waals surface area contributed by atoms with E-state index in [2.05, 4.69) is 11.8 Å². The van der Waals surface area contributed by atoms with E-state index in [0.717, 1.165) is 45.6 Å². The van der Waals surface area contributed by atoms with Crippen molar-refractivity contribution in [2.75, 3.05) is 37.6 Å². The summed E-state index contributed by atoms with van der Waals surface area (Å²) in [5.41, 5.74) is 0.195. The Morgan fingerprint density at radius 2 is 1.75 bits per heavy atom. The monoisotopic (exact) mass is 495 g/mol. The van der Waals surface area contributed by atoms with Gasteiger partial charge in [0.2, 0.25) is 5.43 Å². The minimum Gasteiger partial charge on any atom is -0.759 e. The van der Waals surface area contributed by atoms with Gasteiger partial charge in [0.25, 0.3) is 0 Å². The number of carboxylic acid groups (broad SMARTS) is 1. The van der Waals surface area contributed by atoms with Crippen molar-refractivity contribution in [2.45, 2.75) is 25.8 Å². The Hall–Kier alpha value is -1.28. The van der Waals surface area contributed by atoms with Crippen molar-refractivity contribution in [1.82, 2.24) is 9.47 Å². The molecule has 170 valence electrons. The molecule has 0 bridgehead atoms. The van der Waals surface area contributed by atoms with Gasteiger partial charge in [-0.2, -0.15) is 0 Å². The first-order valence-corrected chi connectivity index (χ1v) is 11.1. The van der Waals surface area contributed by atoms with Gasteiger partial charge in [-0.15, -0.1) is 0 Å². The van der Waals surface area contributed by atoms with E-state index in [1.807, 2.05) is 9.47 Å². The fraction of sp³-hybridized carbons (Fsp3) is 0.474. The number of hydrogen-bond donors (Lipinski definition) is 1. The maximum Gasteiger partial charge on any atom is 2.00 e. The molecular formula is C19H22CaFN3O7S. The zero-order chi connectivity index (χ0) is 22.9. The number of likely N-dealkylation sites (N-methyl/N-ethyl adjacent to an activating group) is 1. The number of hydrogen-bond acceptors (Lipinski definition) is 8. The Labute approximate surface area is 214 Å². The summed E-state index contributed by atoms with van der Waals surface area (Å²) in [6.45, 7) is 6.31. The first-order valence-electron chi connectivity index (χ1n) is 9.75. The summed E-state index contributed by atoms with van der Waals surface area (Å²) in [6.07, 6.45) is 3.30. The summed E-state index contributed by atoms with van der Waals surface area (Å²) in [7, 11) is -5.17. The van der Waals surface area contributed by atoms with Gasteiger partial charge in [-0.3, -0.25) is 13.2 Å². The number of aromatic carboxylic acids is 1. The van der Waals surface area contributed by atoms with Crippen LogP contribution in [-0.2, 0) is 10.4 Å². The average molecular weight is 496 g/mol. The molecule has 1 saturated carbocycles. The van der Waals surface area contributed by atoms with Gasteiger partial charge in [-0.05, 0) is 31.5 Å². The van der Waals surface area contributed by atoms with Crippen LogP contribution >= 0.6 is 0 Å². The molecule has 13 heteroatoms. The molecule has 0 unspecified atom stereocenters. The fourth-order valence-electron chi connectivity index (χ4n) is 3.71. The zero-order valence-electron chi connectivity index (χ0n) is 17.5. The van der Waals surface area contributed by atoms with Crippen LogP contribution in [0.2, 0.25) is 0 Å². The summed E-state index contributed by atoms with van der Waals surface area (Å²) < 4.78 is 50.7. The smallest absolute Gasteiger partial charge is 0.759 e. The normalized spacial score (nSPS) is 16.8. The van der Waals surface area contributed by atoms with Crippen molar-refractivity contribution in [1.29, 1.82) is 0 Å². The van der Waals surface area contributed by atoms with Gasteiger partial charge < -0.3 is 28.6 Å². The number of aromatic nitrogens is 1. The number of anilines is 1. The fourth-order valence-corrected chi connectivity index (χ4v) is 3.71. The van der Waals surface area contributed by atoms with Gasteiger partial charge in [-0.1, -0.05) is 6.92 Å². The molecule has 10 nitrogen and oxygen atoms in total. The SMILES string of the molecule is CCN1CCN(c2cc3c(cc2F)c(=O)c(C(=O)O)cn3C2CC2)CC1.O=S(=O)([O-])[O-].[Ca+2]. The Bertz CT molecular complexity index is 1150. The van der Waals surface area contributed by atoms with Crippen LogP contribution < -0.4 is 10.3 Å². The number of halogens is 1. The van der Waals surface area contributed by atoms with Gasteiger partial charge in [0.1, 0.15) is 11.4 Å². The summed E-state index contributed by atoms with van der Waals surface area (Å²) in [4.78, 5) is 28.2. The van der Waals surface area contributed by atoms with Crippen LogP contribution in [0.3, 0.4) is 0 Å². The maximum absolute atomic E-state index is 14.8. The molecule has 1 N–H and O–H groups in total. The van der Waals surface area contributed by atoms with E-state index in [-0.39, 0.29) is 54.7 Å². The molecule has 1 aromatic carbocycles. The van der Waals surface area contributed by atoms with Crippen LogP contribution in [0.4, 0.5) is 10.1 Å². The first kappa shape index (κ1) is 27.0. The van der Waals surface area contributed by atoms with Gasteiger partial charge >= 0.3 is 43.7 Å². The number of piperazine rings is 1. The molecule has 1 saturated heterocycles. The molecule has 4 rings (SSSR count). The third kappa shape index (κ3) is 6.62. The average Bonchev–Trinajstić information content (AvgIpc) is 3.52. The van der Waals surface area contributed by atoms with Gasteiger partial charge in [0, 0.05) is 54.2 Å². The number of nitrogens with zero attached hydrogens (tertiary/aromatic N) is 3. The number of fused-ring (bicyclic) bond motifs is 1. The topological polar surface area (TPSA) is 146 Å². The number of benzene rings is 1. The predicted octanol–water partition coefficient (Wildman–Crippen LogP) is 0.597. The molecule has 2 aromatic rings. The summed E-state index contributed by atoms with van der Waals surface area (Å²) >= 11 is 0. The zero-order valence-corrected chi connectivity index (χ0v) is 20.5. The molecular weight excluding hydrogens is 473 g/mol. The number of carboxylic acids is 1. The summed E-state index contributed by atoms with van der Waals surface area (Å²) in [5, 5.41) is 9.45. The van der Waals surface area contributed by atoms with E-state index in [1.54, 1.807) is 6.07 Å². The third-order valence-electron chi connectivity index (χ3n) is 5.43. The predicted molar refractivity (Wildman–Crippen MR) is 114 cm³/mol. The largest absolute Gasteiger partial charge is 2.00 e. The molecule has 2 heterocycles. The van der Waals surface area contributed by atoms with E-state index < -0.39 is 27.6 Å². The van der Waals surface area contributed by atoms with E-state index in [9.17, 15) is 19.1 Å². The second-order valence-electron chi connectivity index (χ2n) is 7.47. The molecule has 1 aromatic heterocycles. The molecule has 2 fully saturated rings. The molecule has 0 amide bonds. The Morgan fingerprint density at radius 3 is 2.22 bits per heavy atom. The molecule has 0 spiro atoms. The summed E-state index contributed by atoms with van der Waals surface area (Å²) in [6, 6.07) is 3.12. The molecule has 0 atom stereocenters. The van der Waals surface area contributed by atoms with Gasteiger partial charge in [-0.25, -0.2) is 9.18 Å². The van der Waals surface area contributed by atoms with Crippen molar-refractivity contribution in [3.8, 4) is 0 Å². The minimum atomic E-state index is -5.17. The molecule has 1 aliphatic heterocycles. The Balaban J connectivity index is 0.000000548. The van der Waals surface area contributed by atoms with Crippen molar-refractivity contribution in [3.05, 3.63) is 39.9 Å². The Morgan fingerprint density at radius 1 is 1.19 bits per heavy atom. The van der Waals surface area contributed by atoms with Crippen LogP contribution in [0.1, 0.15) is 36.2 Å². The molecule has 32 heavy (non-hydrogen) atoms. The van der Waals surface area contributed by atoms with Gasteiger partial charge in [0.05, 0.1) is 11.2 Å². The number of carbonyl (C=O) groups is 1. The van der Waals surface area contributed by atoms with E-state index in [4.69, 9.17) is 17.5 Å². The third-order valence-corrected chi connectivity index (χ3v) is 5.43. The molecule has 0 radical (unpaired) electrons. The molecule has 2 aliphatic rings. The van der Waals surface area contributed by atoms with Crippen molar-refractivity contribution < 1.29 is 31.8 Å². The van der Waals surface area contributed by atoms with Crippen molar-refractivity contribution in [3.63, 3.8) is 0 Å². The van der Waals surface area contributed by atoms with Crippen LogP contribution in [-0.4, -0.2) is 109 Å². The summed E-state index contributed by atoms with van der Waals surface area (Å²) in [5.74, 6) is -1.74. The van der Waals surface area contributed by atoms with Crippen LogP contribution in [0.15, 0.2) is 23.1 Å². The maximum atomic E-state index is 14.8. The van der Waals surface area contributed by atoms with E-state index >= 15 is 0 Å². The minimum absolute atomic E-state index is 0. The van der Waals surface area contributed by atoms with Crippen LogP contribution in [0.25, 0.3) is 10.9 Å². The van der Waals surface area contributed by atoms with Crippen LogP contribution in [0.5, 0.6) is 0 Å². The van der Waals surface area contributed by atoms with Crippen LogP contribution in [0, 0.1) is 5.82 Å². The number of rotatable bonds is 4. The second-order valence-corrected chi connectivity index (χ2v) is 8.28. The van der Waals surface area contributed by atoms with Gasteiger partial charge in [0.15, 0.2) is 0 Å². The quantitative estimate of drug-likeness (QED) is 0.366. The van der Waals surface area contributed by atoms with E-state index in [1.165, 1.54) is 12.3 Å². The first-order chi connectivity index (χ1) is 14.5. The Kier molecular flexibility index (Phi) is 9.07.